The Labute approximate surface area is 95.0 Å². The van der Waals surface area contributed by atoms with Gasteiger partial charge in [0, 0.05) is 6.04 Å². The van der Waals surface area contributed by atoms with Crippen molar-refractivity contribution >= 4 is 0 Å². The lowest BCUT2D eigenvalue weighted by atomic mass is 9.82. The highest BCUT2D eigenvalue weighted by molar-refractivity contribution is 4.99. The first-order valence-corrected chi connectivity index (χ1v) is 6.54. The molecule has 0 amide bonds. The summed E-state index contributed by atoms with van der Waals surface area (Å²) in [5, 5.41) is 3.64. The third-order valence-corrected chi connectivity index (χ3v) is 3.68. The lowest BCUT2D eigenvalue weighted by Gasteiger charge is -2.32. The van der Waals surface area contributed by atoms with Crippen LogP contribution in [-0.4, -0.2) is 12.1 Å². The second-order valence-corrected chi connectivity index (χ2v) is 4.71. The Morgan fingerprint density at radius 2 is 1.87 bits per heavy atom. The normalized spacial score (nSPS) is 21.9. The fraction of sp³-hybridized carbons (Fsp3) is 0.857. The first kappa shape index (κ1) is 12.6. The largest absolute Gasteiger partial charge is 0.301 e. The van der Waals surface area contributed by atoms with Gasteiger partial charge in [-0.3, -0.25) is 0 Å². The highest BCUT2D eigenvalue weighted by Gasteiger charge is 2.23. The lowest BCUT2D eigenvalue weighted by molar-refractivity contribution is 0.254. The standard InChI is InChI=1S/C14H25N/c1-4-13(5-2)15-14(6-3)12-10-8-7-9-11-12/h1,12-15H,5-11H2,2-3H3. The minimum Gasteiger partial charge on any atom is -0.301 e. The molecule has 2 atom stereocenters. The van der Waals surface area contributed by atoms with Crippen molar-refractivity contribution < 1.29 is 0 Å². The van der Waals surface area contributed by atoms with Crippen molar-refractivity contribution in [3.63, 3.8) is 0 Å². The van der Waals surface area contributed by atoms with Gasteiger partial charge >= 0.3 is 0 Å². The summed E-state index contributed by atoms with van der Waals surface area (Å²) in [4.78, 5) is 0. The molecule has 0 bridgehead atoms. The van der Waals surface area contributed by atoms with E-state index in [2.05, 4.69) is 25.1 Å². The molecule has 1 nitrogen and oxygen atoms in total. The van der Waals surface area contributed by atoms with Gasteiger partial charge in [-0.25, -0.2) is 0 Å². The van der Waals surface area contributed by atoms with E-state index in [4.69, 9.17) is 6.42 Å². The Morgan fingerprint density at radius 3 is 2.33 bits per heavy atom. The SMILES string of the molecule is C#CC(CC)NC(CC)C1CCCCC1. The highest BCUT2D eigenvalue weighted by Crippen LogP contribution is 2.27. The van der Waals surface area contributed by atoms with Crippen LogP contribution in [0.15, 0.2) is 0 Å². The molecule has 86 valence electrons. The van der Waals surface area contributed by atoms with Crippen molar-refractivity contribution in [2.24, 2.45) is 5.92 Å². The van der Waals surface area contributed by atoms with Crippen LogP contribution in [-0.2, 0) is 0 Å². The summed E-state index contributed by atoms with van der Waals surface area (Å²) in [6, 6.07) is 0.920. The zero-order valence-corrected chi connectivity index (χ0v) is 10.3. The van der Waals surface area contributed by atoms with E-state index in [0.717, 1.165) is 12.3 Å². The molecule has 15 heavy (non-hydrogen) atoms. The molecule has 0 heterocycles. The molecular formula is C14H25N. The molecule has 0 saturated heterocycles. The van der Waals surface area contributed by atoms with Crippen LogP contribution in [0.5, 0.6) is 0 Å². The van der Waals surface area contributed by atoms with E-state index in [0.29, 0.717) is 6.04 Å². The molecule has 0 aliphatic heterocycles. The van der Waals surface area contributed by atoms with Gasteiger partial charge in [-0.05, 0) is 31.6 Å². The van der Waals surface area contributed by atoms with Gasteiger partial charge in [0.15, 0.2) is 0 Å². The lowest BCUT2D eigenvalue weighted by Crippen LogP contribution is -2.42. The van der Waals surface area contributed by atoms with Gasteiger partial charge in [0.1, 0.15) is 0 Å². The number of hydrogen-bond donors (Lipinski definition) is 1. The van der Waals surface area contributed by atoms with Crippen molar-refractivity contribution in [2.45, 2.75) is 70.9 Å². The van der Waals surface area contributed by atoms with E-state index in [9.17, 15) is 0 Å². The summed E-state index contributed by atoms with van der Waals surface area (Å²) in [5.41, 5.74) is 0. The highest BCUT2D eigenvalue weighted by atomic mass is 14.9. The summed E-state index contributed by atoms with van der Waals surface area (Å²) < 4.78 is 0. The molecular weight excluding hydrogens is 182 g/mol. The third kappa shape index (κ3) is 3.87. The van der Waals surface area contributed by atoms with E-state index >= 15 is 0 Å². The minimum absolute atomic E-state index is 0.275. The zero-order chi connectivity index (χ0) is 11.1. The third-order valence-electron chi connectivity index (χ3n) is 3.68. The minimum atomic E-state index is 0.275. The molecule has 1 aliphatic rings. The summed E-state index contributed by atoms with van der Waals surface area (Å²) in [6.45, 7) is 4.43. The molecule has 0 aromatic carbocycles. The number of terminal acetylenes is 1. The predicted octanol–water partition coefficient (Wildman–Crippen LogP) is 3.35. The second-order valence-electron chi connectivity index (χ2n) is 4.71. The van der Waals surface area contributed by atoms with Gasteiger partial charge in [-0.1, -0.05) is 39.0 Å². The van der Waals surface area contributed by atoms with Gasteiger partial charge in [0.25, 0.3) is 0 Å². The van der Waals surface area contributed by atoms with Crippen LogP contribution in [0.1, 0.15) is 58.8 Å². The molecule has 0 aromatic heterocycles. The molecule has 1 saturated carbocycles. The fourth-order valence-corrected chi connectivity index (χ4v) is 2.67. The van der Waals surface area contributed by atoms with Crippen molar-refractivity contribution in [3.05, 3.63) is 0 Å². The van der Waals surface area contributed by atoms with E-state index in [-0.39, 0.29) is 6.04 Å². The molecule has 1 rings (SSSR count). The molecule has 1 aliphatic carbocycles. The van der Waals surface area contributed by atoms with Crippen molar-refractivity contribution in [2.75, 3.05) is 0 Å². The monoisotopic (exact) mass is 207 g/mol. The fourth-order valence-electron chi connectivity index (χ4n) is 2.67. The van der Waals surface area contributed by atoms with Crippen LogP contribution in [0.2, 0.25) is 0 Å². The van der Waals surface area contributed by atoms with E-state index in [1.165, 1.54) is 38.5 Å². The molecule has 1 fully saturated rings. The number of rotatable bonds is 5. The maximum Gasteiger partial charge on any atom is 0.0686 e. The topological polar surface area (TPSA) is 12.0 Å². The molecule has 1 N–H and O–H groups in total. The summed E-state index contributed by atoms with van der Waals surface area (Å²) in [5.74, 6) is 3.71. The molecule has 0 aromatic rings. The van der Waals surface area contributed by atoms with Gasteiger partial charge in [-0.2, -0.15) is 0 Å². The van der Waals surface area contributed by atoms with Crippen LogP contribution in [0, 0.1) is 18.3 Å². The maximum atomic E-state index is 5.50. The van der Waals surface area contributed by atoms with Gasteiger partial charge in [0.2, 0.25) is 0 Å². The van der Waals surface area contributed by atoms with Gasteiger partial charge < -0.3 is 5.32 Å². The molecule has 0 spiro atoms. The molecule has 2 unspecified atom stereocenters. The number of nitrogens with one attached hydrogen (secondary N) is 1. The van der Waals surface area contributed by atoms with Gasteiger partial charge in [0.05, 0.1) is 6.04 Å². The van der Waals surface area contributed by atoms with Crippen LogP contribution in [0.4, 0.5) is 0 Å². The second kappa shape index (κ2) is 6.90. The molecule has 1 heteroatoms. The average Bonchev–Trinajstić information content (AvgIpc) is 2.32. The Kier molecular flexibility index (Phi) is 5.79. The number of hydrogen-bond acceptors (Lipinski definition) is 1. The van der Waals surface area contributed by atoms with Crippen LogP contribution in [0.3, 0.4) is 0 Å². The van der Waals surface area contributed by atoms with E-state index in [1.807, 2.05) is 0 Å². The van der Waals surface area contributed by atoms with Crippen molar-refractivity contribution in [1.82, 2.24) is 5.32 Å². The smallest absolute Gasteiger partial charge is 0.0686 e. The van der Waals surface area contributed by atoms with Crippen molar-refractivity contribution in [1.29, 1.82) is 0 Å². The van der Waals surface area contributed by atoms with Crippen LogP contribution < -0.4 is 5.32 Å². The van der Waals surface area contributed by atoms with E-state index in [1.54, 1.807) is 0 Å². The van der Waals surface area contributed by atoms with Crippen molar-refractivity contribution in [3.8, 4) is 12.3 Å². The maximum absolute atomic E-state index is 5.50. The average molecular weight is 207 g/mol. The first-order valence-electron chi connectivity index (χ1n) is 6.54. The quantitative estimate of drug-likeness (QED) is 0.682. The molecule has 0 radical (unpaired) electrons. The summed E-state index contributed by atoms with van der Waals surface area (Å²) >= 11 is 0. The Morgan fingerprint density at radius 1 is 1.20 bits per heavy atom. The Hall–Kier alpha value is -0.480. The Bertz CT molecular complexity index is 198. The summed E-state index contributed by atoms with van der Waals surface area (Å²) in [7, 11) is 0. The van der Waals surface area contributed by atoms with Crippen LogP contribution >= 0.6 is 0 Å². The Balaban J connectivity index is 2.43. The predicted molar refractivity (Wildman–Crippen MR) is 66.7 cm³/mol. The van der Waals surface area contributed by atoms with E-state index < -0.39 is 0 Å². The first-order chi connectivity index (χ1) is 7.31. The van der Waals surface area contributed by atoms with Gasteiger partial charge in [-0.15, -0.1) is 6.42 Å². The van der Waals surface area contributed by atoms with Crippen LogP contribution in [0.25, 0.3) is 0 Å². The zero-order valence-electron chi connectivity index (χ0n) is 10.3. The summed E-state index contributed by atoms with van der Waals surface area (Å²) in [6.07, 6.45) is 14.8.